The first-order valence-electron chi connectivity index (χ1n) is 11.0. The van der Waals surface area contributed by atoms with Gasteiger partial charge in [-0.05, 0) is 6.42 Å². The molecule has 0 spiro atoms. The number of ether oxygens (including phenoxy) is 2. The van der Waals surface area contributed by atoms with Crippen molar-refractivity contribution in [2.24, 2.45) is 0 Å². The van der Waals surface area contributed by atoms with Gasteiger partial charge in [0.2, 0.25) is 0 Å². The van der Waals surface area contributed by atoms with Crippen LogP contribution in [-0.4, -0.2) is 26.3 Å². The molecule has 150 valence electrons. The van der Waals surface area contributed by atoms with Crippen LogP contribution in [0.4, 0.5) is 0 Å². The first-order chi connectivity index (χ1) is 12.3. The van der Waals surface area contributed by atoms with Gasteiger partial charge in [0.15, 0.2) is 0 Å². The van der Waals surface area contributed by atoms with Gasteiger partial charge < -0.3 is 9.47 Å². The Morgan fingerprint density at radius 2 is 1.00 bits per heavy atom. The third kappa shape index (κ3) is 21.4. The van der Waals surface area contributed by atoms with E-state index in [1.807, 2.05) is 0 Å². The van der Waals surface area contributed by atoms with E-state index in [0.29, 0.717) is 19.6 Å². The normalized spacial score (nSPS) is 11.0. The van der Waals surface area contributed by atoms with E-state index in [9.17, 15) is 4.79 Å². The molecule has 0 N–H and O–H groups in total. The van der Waals surface area contributed by atoms with Crippen LogP contribution in [0.3, 0.4) is 0 Å². The summed E-state index contributed by atoms with van der Waals surface area (Å²) in [5.41, 5.74) is 0. The third-order valence-electron chi connectivity index (χ3n) is 4.78. The highest BCUT2D eigenvalue weighted by atomic mass is 16.6. The second-order valence-electron chi connectivity index (χ2n) is 7.27. The minimum atomic E-state index is -0.0811. The van der Waals surface area contributed by atoms with Crippen molar-refractivity contribution in [2.75, 3.05) is 20.3 Å². The molecule has 0 amide bonds. The van der Waals surface area contributed by atoms with Gasteiger partial charge in [0.1, 0.15) is 6.61 Å². The van der Waals surface area contributed by atoms with Crippen molar-refractivity contribution in [3.63, 3.8) is 0 Å². The number of methoxy groups -OCH3 is 1. The second-order valence-corrected chi connectivity index (χ2v) is 7.27. The Hall–Kier alpha value is -0.570. The van der Waals surface area contributed by atoms with Crippen LogP contribution < -0.4 is 0 Å². The highest BCUT2D eigenvalue weighted by molar-refractivity contribution is 5.69. The SMILES string of the molecule is CCCCCCCCCCCCCCCCCCC(=O)OCCOC. The number of carbonyl (C=O) groups excluding carboxylic acids is 1. The van der Waals surface area contributed by atoms with Crippen LogP contribution in [0.15, 0.2) is 0 Å². The zero-order valence-electron chi connectivity index (χ0n) is 17.2. The zero-order chi connectivity index (χ0) is 18.4. The molecule has 0 aliphatic rings. The van der Waals surface area contributed by atoms with Crippen molar-refractivity contribution in [1.29, 1.82) is 0 Å². The summed E-state index contributed by atoms with van der Waals surface area (Å²) in [6.45, 7) is 3.15. The topological polar surface area (TPSA) is 35.5 Å². The molecule has 0 aliphatic carbocycles. The van der Waals surface area contributed by atoms with E-state index in [0.717, 1.165) is 12.8 Å². The molecule has 0 unspecified atom stereocenters. The lowest BCUT2D eigenvalue weighted by atomic mass is 10.0. The lowest BCUT2D eigenvalue weighted by molar-refractivity contribution is -0.145. The number of hydrogen-bond acceptors (Lipinski definition) is 3. The summed E-state index contributed by atoms with van der Waals surface area (Å²) in [5, 5.41) is 0. The molecule has 0 rings (SSSR count). The Morgan fingerprint density at radius 1 is 0.600 bits per heavy atom. The number of unbranched alkanes of at least 4 members (excludes halogenated alkanes) is 15. The number of hydrogen-bond donors (Lipinski definition) is 0. The van der Waals surface area contributed by atoms with Crippen LogP contribution in [0.5, 0.6) is 0 Å². The minimum Gasteiger partial charge on any atom is -0.463 e. The molecular weight excluding hydrogens is 312 g/mol. The van der Waals surface area contributed by atoms with Gasteiger partial charge in [0.25, 0.3) is 0 Å². The summed E-state index contributed by atoms with van der Waals surface area (Å²) in [5.74, 6) is -0.0811. The summed E-state index contributed by atoms with van der Waals surface area (Å²) < 4.78 is 9.89. The lowest BCUT2D eigenvalue weighted by Gasteiger charge is -2.04. The Bertz CT molecular complexity index is 266. The van der Waals surface area contributed by atoms with E-state index in [4.69, 9.17) is 9.47 Å². The average Bonchev–Trinajstić information content (AvgIpc) is 2.61. The Morgan fingerprint density at radius 3 is 1.40 bits per heavy atom. The van der Waals surface area contributed by atoms with Crippen LogP contribution in [-0.2, 0) is 14.3 Å². The second kappa shape index (κ2) is 21.5. The molecule has 25 heavy (non-hydrogen) atoms. The Labute approximate surface area is 157 Å². The Kier molecular flexibility index (Phi) is 21.0. The largest absolute Gasteiger partial charge is 0.463 e. The van der Waals surface area contributed by atoms with Crippen molar-refractivity contribution >= 4 is 5.97 Å². The van der Waals surface area contributed by atoms with Gasteiger partial charge >= 0.3 is 5.97 Å². The molecule has 3 nitrogen and oxygen atoms in total. The summed E-state index contributed by atoms with van der Waals surface area (Å²) >= 11 is 0. The maximum atomic E-state index is 11.4. The third-order valence-corrected chi connectivity index (χ3v) is 4.78. The molecule has 0 aromatic rings. The predicted octanol–water partition coefficient (Wildman–Crippen LogP) is 6.83. The molecule has 0 aliphatic heterocycles. The highest BCUT2D eigenvalue weighted by Gasteiger charge is 2.02. The van der Waals surface area contributed by atoms with Gasteiger partial charge in [-0.15, -0.1) is 0 Å². The number of rotatable bonds is 20. The van der Waals surface area contributed by atoms with Crippen molar-refractivity contribution in [1.82, 2.24) is 0 Å². The van der Waals surface area contributed by atoms with Gasteiger partial charge in [-0.2, -0.15) is 0 Å². The first kappa shape index (κ1) is 24.4. The maximum absolute atomic E-state index is 11.4. The highest BCUT2D eigenvalue weighted by Crippen LogP contribution is 2.14. The fourth-order valence-electron chi connectivity index (χ4n) is 3.13. The molecule has 0 saturated carbocycles. The van der Waals surface area contributed by atoms with E-state index in [1.165, 1.54) is 89.9 Å². The van der Waals surface area contributed by atoms with E-state index in [2.05, 4.69) is 6.92 Å². The molecular formula is C22H44O3. The molecule has 0 saturated heterocycles. The van der Waals surface area contributed by atoms with Crippen LogP contribution in [0.1, 0.15) is 116 Å². The molecule has 0 aromatic heterocycles. The molecule has 0 fully saturated rings. The van der Waals surface area contributed by atoms with Crippen molar-refractivity contribution in [3.05, 3.63) is 0 Å². The standard InChI is InChI=1S/C22H44O3/c1-3-4-5-6-7-8-9-10-11-12-13-14-15-16-17-18-19-22(23)25-21-20-24-2/h3-21H2,1-2H3. The fourth-order valence-corrected chi connectivity index (χ4v) is 3.13. The molecule has 3 heteroatoms. The number of carbonyl (C=O) groups is 1. The van der Waals surface area contributed by atoms with Crippen molar-refractivity contribution in [3.8, 4) is 0 Å². The van der Waals surface area contributed by atoms with E-state index in [-0.39, 0.29) is 5.97 Å². The van der Waals surface area contributed by atoms with E-state index in [1.54, 1.807) is 7.11 Å². The van der Waals surface area contributed by atoms with Crippen LogP contribution in [0.25, 0.3) is 0 Å². The Balaban J connectivity index is 3.06. The summed E-state index contributed by atoms with van der Waals surface area (Å²) in [7, 11) is 1.61. The first-order valence-corrected chi connectivity index (χ1v) is 11.0. The molecule has 0 atom stereocenters. The van der Waals surface area contributed by atoms with Crippen molar-refractivity contribution in [2.45, 2.75) is 116 Å². The van der Waals surface area contributed by atoms with Crippen molar-refractivity contribution < 1.29 is 14.3 Å². The smallest absolute Gasteiger partial charge is 0.305 e. The molecule has 0 bridgehead atoms. The molecule has 0 aromatic carbocycles. The van der Waals surface area contributed by atoms with Crippen LogP contribution in [0, 0.1) is 0 Å². The van der Waals surface area contributed by atoms with Gasteiger partial charge in [-0.25, -0.2) is 0 Å². The van der Waals surface area contributed by atoms with Crippen LogP contribution in [0.2, 0.25) is 0 Å². The zero-order valence-corrected chi connectivity index (χ0v) is 17.2. The van der Waals surface area contributed by atoms with Gasteiger partial charge in [-0.1, -0.05) is 103 Å². The van der Waals surface area contributed by atoms with Crippen LogP contribution >= 0.6 is 0 Å². The fraction of sp³-hybridized carbons (Fsp3) is 0.955. The summed E-state index contributed by atoms with van der Waals surface area (Å²) in [4.78, 5) is 11.4. The van der Waals surface area contributed by atoms with E-state index >= 15 is 0 Å². The predicted molar refractivity (Wildman–Crippen MR) is 107 cm³/mol. The van der Waals surface area contributed by atoms with E-state index < -0.39 is 0 Å². The number of esters is 1. The average molecular weight is 357 g/mol. The van der Waals surface area contributed by atoms with Gasteiger partial charge in [0.05, 0.1) is 6.61 Å². The van der Waals surface area contributed by atoms with Gasteiger partial charge in [0, 0.05) is 13.5 Å². The lowest BCUT2D eigenvalue weighted by Crippen LogP contribution is -2.09. The monoisotopic (exact) mass is 356 g/mol. The molecule has 0 heterocycles. The summed E-state index contributed by atoms with van der Waals surface area (Å²) in [6.07, 6.45) is 22.2. The molecule has 0 radical (unpaired) electrons. The minimum absolute atomic E-state index is 0.0811. The quantitative estimate of drug-likeness (QED) is 0.177. The summed E-state index contributed by atoms with van der Waals surface area (Å²) in [6, 6.07) is 0. The maximum Gasteiger partial charge on any atom is 0.305 e. The van der Waals surface area contributed by atoms with Gasteiger partial charge in [-0.3, -0.25) is 4.79 Å².